The van der Waals surface area contributed by atoms with E-state index in [0.717, 1.165) is 46.7 Å². The zero-order chi connectivity index (χ0) is 21.9. The Morgan fingerprint density at radius 2 is 1.91 bits per heavy atom. The van der Waals surface area contributed by atoms with Crippen LogP contribution in [-0.2, 0) is 0 Å². The highest BCUT2D eigenvalue weighted by atomic mass is 16.5. The maximum absolute atomic E-state index is 13.0. The van der Waals surface area contributed by atoms with Gasteiger partial charge in [0.2, 0.25) is 11.9 Å². The van der Waals surface area contributed by atoms with Crippen molar-refractivity contribution in [3.63, 3.8) is 0 Å². The van der Waals surface area contributed by atoms with Crippen molar-refractivity contribution in [2.24, 2.45) is 0 Å². The summed E-state index contributed by atoms with van der Waals surface area (Å²) >= 11 is 0. The van der Waals surface area contributed by atoms with Crippen LogP contribution in [0.2, 0.25) is 0 Å². The van der Waals surface area contributed by atoms with Gasteiger partial charge in [-0.25, -0.2) is 0 Å². The second kappa shape index (κ2) is 8.72. The number of hydrogen-bond donors (Lipinski definition) is 3. The molecule has 0 unspecified atom stereocenters. The normalized spacial score (nSPS) is 14.1. The Bertz CT molecular complexity index is 1220. The van der Waals surface area contributed by atoms with Crippen LogP contribution in [0, 0.1) is 0 Å². The van der Waals surface area contributed by atoms with Crippen molar-refractivity contribution in [1.82, 2.24) is 24.6 Å². The van der Waals surface area contributed by atoms with Crippen LogP contribution >= 0.6 is 0 Å². The number of nitrogens with two attached hydrogens (primary N) is 1. The number of H-pyrrole nitrogens is 1. The van der Waals surface area contributed by atoms with Gasteiger partial charge < -0.3 is 20.8 Å². The summed E-state index contributed by atoms with van der Waals surface area (Å²) in [6.45, 7) is 3.95. The molecule has 3 heterocycles. The summed E-state index contributed by atoms with van der Waals surface area (Å²) < 4.78 is 6.94. The fraction of sp³-hybridized carbons (Fsp3) is 0.261. The molecule has 5 rings (SSSR count). The number of rotatable bonds is 7. The number of aromatic amines is 1. The predicted octanol–water partition coefficient (Wildman–Crippen LogP) is 3.25. The van der Waals surface area contributed by atoms with Gasteiger partial charge in [0, 0.05) is 29.3 Å². The lowest BCUT2D eigenvalue weighted by Gasteiger charge is -2.15. The van der Waals surface area contributed by atoms with Crippen LogP contribution in [-0.4, -0.2) is 56.8 Å². The number of aromatic nitrogens is 4. The molecule has 4 aromatic rings. The minimum atomic E-state index is -0.345. The molecule has 1 saturated heterocycles. The SMILES string of the molecule is Nc1nc(Nc2ccc(OCCN3CCCC3)cc2)nn1C(=O)c1c[nH]c2ccccc12. The fourth-order valence-corrected chi connectivity index (χ4v) is 3.95. The van der Waals surface area contributed by atoms with Gasteiger partial charge in [0.15, 0.2) is 0 Å². The number of benzene rings is 2. The molecule has 0 atom stereocenters. The minimum Gasteiger partial charge on any atom is -0.492 e. The summed E-state index contributed by atoms with van der Waals surface area (Å²) in [4.78, 5) is 22.6. The topological polar surface area (TPSA) is 114 Å². The third-order valence-corrected chi connectivity index (χ3v) is 5.63. The number of hydrogen-bond acceptors (Lipinski definition) is 7. The number of carbonyl (C=O) groups is 1. The highest BCUT2D eigenvalue weighted by molar-refractivity contribution is 6.08. The molecule has 1 aliphatic rings. The summed E-state index contributed by atoms with van der Waals surface area (Å²) in [7, 11) is 0. The number of nitrogens with zero attached hydrogens (tertiary/aromatic N) is 4. The Kier molecular flexibility index (Phi) is 5.47. The molecule has 0 saturated carbocycles. The zero-order valence-corrected chi connectivity index (χ0v) is 17.6. The first kappa shape index (κ1) is 20.1. The first-order valence-electron chi connectivity index (χ1n) is 10.7. The lowest BCUT2D eigenvalue weighted by Crippen LogP contribution is -2.25. The molecule has 1 aliphatic heterocycles. The molecule has 0 bridgehead atoms. The highest BCUT2D eigenvalue weighted by Gasteiger charge is 2.19. The van der Waals surface area contributed by atoms with Crippen LogP contribution in [0.5, 0.6) is 5.75 Å². The minimum absolute atomic E-state index is 0.0182. The van der Waals surface area contributed by atoms with E-state index < -0.39 is 0 Å². The first-order chi connectivity index (χ1) is 15.7. The standard InChI is InChI=1S/C23H25N7O2/c24-22-27-23(28-30(22)21(31)19-15-25-20-6-2-1-5-18(19)20)26-16-7-9-17(10-8-16)32-14-13-29-11-3-4-12-29/h1-2,5-10,15,25H,3-4,11-14H2,(H3,24,26,27,28). The fourth-order valence-electron chi connectivity index (χ4n) is 3.95. The quantitative estimate of drug-likeness (QED) is 0.411. The summed E-state index contributed by atoms with van der Waals surface area (Å²) in [5.41, 5.74) is 8.10. The number of anilines is 3. The molecule has 4 N–H and O–H groups in total. The van der Waals surface area contributed by atoms with Crippen LogP contribution in [0.4, 0.5) is 17.6 Å². The average Bonchev–Trinajstić information content (AvgIpc) is 3.55. The molecule has 0 amide bonds. The van der Waals surface area contributed by atoms with Crippen LogP contribution in [0.3, 0.4) is 0 Å². The van der Waals surface area contributed by atoms with Crippen molar-refractivity contribution in [2.45, 2.75) is 12.8 Å². The second-order valence-electron chi connectivity index (χ2n) is 7.81. The predicted molar refractivity (Wildman–Crippen MR) is 123 cm³/mol. The maximum atomic E-state index is 13.0. The van der Waals surface area contributed by atoms with Crippen molar-refractivity contribution < 1.29 is 9.53 Å². The maximum Gasteiger partial charge on any atom is 0.283 e. The monoisotopic (exact) mass is 431 g/mol. The molecule has 2 aromatic carbocycles. The van der Waals surface area contributed by atoms with E-state index in [-0.39, 0.29) is 17.8 Å². The molecule has 2 aromatic heterocycles. The largest absolute Gasteiger partial charge is 0.492 e. The molecular weight excluding hydrogens is 406 g/mol. The summed E-state index contributed by atoms with van der Waals surface area (Å²) in [6, 6.07) is 15.1. The van der Waals surface area contributed by atoms with Crippen molar-refractivity contribution in [1.29, 1.82) is 0 Å². The van der Waals surface area contributed by atoms with Gasteiger partial charge in [-0.2, -0.15) is 9.67 Å². The molecule has 0 radical (unpaired) electrons. The molecule has 164 valence electrons. The second-order valence-corrected chi connectivity index (χ2v) is 7.81. The number of para-hydroxylation sites is 1. The Morgan fingerprint density at radius 1 is 1.12 bits per heavy atom. The van der Waals surface area contributed by atoms with Gasteiger partial charge in [0.25, 0.3) is 5.91 Å². The molecule has 9 nitrogen and oxygen atoms in total. The molecule has 0 spiro atoms. The van der Waals surface area contributed by atoms with Gasteiger partial charge in [-0.3, -0.25) is 9.69 Å². The molecular formula is C23H25N7O2. The number of likely N-dealkylation sites (tertiary alicyclic amines) is 1. The van der Waals surface area contributed by atoms with Crippen LogP contribution in [0.1, 0.15) is 23.2 Å². The number of nitrogens with one attached hydrogen (secondary N) is 2. The van der Waals surface area contributed by atoms with Crippen molar-refractivity contribution >= 4 is 34.4 Å². The lowest BCUT2D eigenvalue weighted by molar-refractivity contribution is 0.0949. The van der Waals surface area contributed by atoms with E-state index >= 15 is 0 Å². The Labute approximate surface area is 185 Å². The van der Waals surface area contributed by atoms with Gasteiger partial charge in [-0.15, -0.1) is 5.10 Å². The summed E-state index contributed by atoms with van der Waals surface area (Å²) in [5.74, 6) is 0.729. The lowest BCUT2D eigenvalue weighted by atomic mass is 10.2. The van der Waals surface area contributed by atoms with Gasteiger partial charge in [-0.05, 0) is 56.3 Å². The Balaban J connectivity index is 1.23. The van der Waals surface area contributed by atoms with Gasteiger partial charge in [0.05, 0.1) is 5.56 Å². The average molecular weight is 432 g/mol. The molecule has 0 aliphatic carbocycles. The van der Waals surface area contributed by atoms with E-state index in [9.17, 15) is 4.79 Å². The van der Waals surface area contributed by atoms with E-state index in [2.05, 4.69) is 25.3 Å². The van der Waals surface area contributed by atoms with Gasteiger partial charge in [0.1, 0.15) is 12.4 Å². The van der Waals surface area contributed by atoms with E-state index in [0.29, 0.717) is 12.2 Å². The molecule has 1 fully saturated rings. The number of carbonyl (C=O) groups excluding carboxylic acids is 1. The molecule has 9 heteroatoms. The molecule has 32 heavy (non-hydrogen) atoms. The third kappa shape index (κ3) is 4.15. The van der Waals surface area contributed by atoms with Gasteiger partial charge >= 0.3 is 0 Å². The highest BCUT2D eigenvalue weighted by Crippen LogP contribution is 2.22. The number of ether oxygens (including phenoxy) is 1. The smallest absolute Gasteiger partial charge is 0.283 e. The van der Waals surface area contributed by atoms with Crippen molar-refractivity contribution in [3.05, 3.63) is 60.3 Å². The first-order valence-corrected chi connectivity index (χ1v) is 10.7. The van der Waals surface area contributed by atoms with E-state index in [1.165, 1.54) is 12.8 Å². The number of fused-ring (bicyclic) bond motifs is 1. The van der Waals surface area contributed by atoms with Crippen LogP contribution in [0.15, 0.2) is 54.7 Å². The Morgan fingerprint density at radius 3 is 2.72 bits per heavy atom. The van der Waals surface area contributed by atoms with Gasteiger partial charge in [-0.1, -0.05) is 18.2 Å². The van der Waals surface area contributed by atoms with Crippen molar-refractivity contribution in [2.75, 3.05) is 37.3 Å². The van der Waals surface area contributed by atoms with E-state index in [1.807, 2.05) is 48.5 Å². The van der Waals surface area contributed by atoms with Crippen LogP contribution in [0.25, 0.3) is 10.9 Å². The Hall–Kier alpha value is -3.85. The van der Waals surface area contributed by atoms with Crippen LogP contribution < -0.4 is 15.8 Å². The summed E-state index contributed by atoms with van der Waals surface area (Å²) in [5, 5.41) is 8.14. The van der Waals surface area contributed by atoms with E-state index in [4.69, 9.17) is 10.5 Å². The van der Waals surface area contributed by atoms with Crippen molar-refractivity contribution in [3.8, 4) is 5.75 Å². The number of nitrogen functional groups attached to an aromatic ring is 1. The zero-order valence-electron chi connectivity index (χ0n) is 17.6. The third-order valence-electron chi connectivity index (χ3n) is 5.63. The summed E-state index contributed by atoms with van der Waals surface area (Å²) in [6.07, 6.45) is 4.22. The van der Waals surface area contributed by atoms with E-state index in [1.54, 1.807) is 6.20 Å².